The van der Waals surface area contributed by atoms with Crippen LogP contribution in [-0.2, 0) is 6.54 Å². The summed E-state index contributed by atoms with van der Waals surface area (Å²) in [7, 11) is 1.73. The van der Waals surface area contributed by atoms with E-state index in [1.807, 2.05) is 29.2 Å². The molecular formula is C21H31N5O. The number of hydrogen-bond acceptors (Lipinski definition) is 5. The van der Waals surface area contributed by atoms with E-state index in [2.05, 4.69) is 39.9 Å². The molecule has 1 aromatic carbocycles. The number of hydrazine groups is 1. The first-order chi connectivity index (χ1) is 13.3. The average molecular weight is 370 g/mol. The predicted molar refractivity (Wildman–Crippen MR) is 107 cm³/mol. The minimum Gasteiger partial charge on any atom is -0.497 e. The molecule has 2 N–H and O–H groups in total. The molecule has 2 atom stereocenters. The van der Waals surface area contributed by atoms with Crippen molar-refractivity contribution in [3.8, 4) is 11.4 Å². The molecule has 4 rings (SSSR count). The summed E-state index contributed by atoms with van der Waals surface area (Å²) in [5.41, 5.74) is 9.31. The number of nitrogens with one attached hydrogen (secondary N) is 2. The summed E-state index contributed by atoms with van der Waals surface area (Å²) in [6, 6.07) is 8.86. The molecule has 27 heavy (non-hydrogen) atoms. The third-order valence-corrected chi connectivity index (χ3v) is 6.24. The highest BCUT2D eigenvalue weighted by Gasteiger charge is 2.34. The molecule has 2 unspecified atom stereocenters. The maximum absolute atomic E-state index is 5.46. The molecule has 2 saturated heterocycles. The Balaban J connectivity index is 1.43. The van der Waals surface area contributed by atoms with Crippen LogP contribution in [0.3, 0.4) is 0 Å². The highest BCUT2D eigenvalue weighted by molar-refractivity contribution is 5.45. The Morgan fingerprint density at radius 1 is 1.26 bits per heavy atom. The van der Waals surface area contributed by atoms with Crippen molar-refractivity contribution in [2.24, 2.45) is 11.8 Å². The van der Waals surface area contributed by atoms with E-state index in [1.165, 1.54) is 24.8 Å². The first-order valence-corrected chi connectivity index (χ1v) is 10.2. The zero-order chi connectivity index (χ0) is 18.6. The van der Waals surface area contributed by atoms with Crippen molar-refractivity contribution in [1.29, 1.82) is 0 Å². The Bertz CT molecular complexity index is 724. The molecule has 2 fully saturated rings. The van der Waals surface area contributed by atoms with Crippen LogP contribution in [0.5, 0.6) is 5.75 Å². The zero-order valence-electron chi connectivity index (χ0n) is 16.4. The first kappa shape index (κ1) is 18.5. The van der Waals surface area contributed by atoms with Gasteiger partial charge in [0.25, 0.3) is 0 Å². The van der Waals surface area contributed by atoms with Crippen LogP contribution < -0.4 is 15.6 Å². The topological polar surface area (TPSA) is 54.4 Å². The molecular weight excluding hydrogens is 338 g/mol. The van der Waals surface area contributed by atoms with Crippen LogP contribution in [0.15, 0.2) is 36.7 Å². The van der Waals surface area contributed by atoms with Gasteiger partial charge >= 0.3 is 0 Å². The normalized spacial score (nSPS) is 24.4. The van der Waals surface area contributed by atoms with E-state index in [0.29, 0.717) is 6.04 Å². The van der Waals surface area contributed by atoms with Gasteiger partial charge < -0.3 is 4.74 Å². The average Bonchev–Trinajstić information content (AvgIpc) is 3.40. The van der Waals surface area contributed by atoms with Gasteiger partial charge in [0.1, 0.15) is 5.75 Å². The van der Waals surface area contributed by atoms with Crippen LogP contribution in [0.2, 0.25) is 0 Å². The number of likely N-dealkylation sites (tertiary alicyclic amines) is 1. The summed E-state index contributed by atoms with van der Waals surface area (Å²) < 4.78 is 7.41. The number of benzene rings is 1. The van der Waals surface area contributed by atoms with Crippen molar-refractivity contribution < 1.29 is 4.74 Å². The minimum atomic E-state index is 0.633. The van der Waals surface area contributed by atoms with Crippen molar-refractivity contribution in [2.45, 2.75) is 38.8 Å². The van der Waals surface area contributed by atoms with Gasteiger partial charge in [-0.1, -0.05) is 13.3 Å². The quantitative estimate of drug-likeness (QED) is 0.820. The summed E-state index contributed by atoms with van der Waals surface area (Å²) in [5.74, 6) is 2.45. The highest BCUT2D eigenvalue weighted by atomic mass is 16.5. The van der Waals surface area contributed by atoms with Crippen LogP contribution in [0.1, 0.15) is 31.7 Å². The Morgan fingerprint density at radius 2 is 2.11 bits per heavy atom. The molecule has 146 valence electrons. The second kappa shape index (κ2) is 8.42. The van der Waals surface area contributed by atoms with Gasteiger partial charge in [-0.3, -0.25) is 15.8 Å². The third kappa shape index (κ3) is 4.03. The molecule has 2 aromatic rings. The maximum atomic E-state index is 5.46. The number of nitrogens with zero attached hydrogens (tertiary/aromatic N) is 3. The lowest BCUT2D eigenvalue weighted by molar-refractivity contribution is 0.143. The van der Waals surface area contributed by atoms with E-state index in [9.17, 15) is 0 Å². The van der Waals surface area contributed by atoms with E-state index >= 15 is 0 Å². The summed E-state index contributed by atoms with van der Waals surface area (Å²) in [4.78, 5) is 2.57. The molecule has 2 aliphatic rings. The van der Waals surface area contributed by atoms with Crippen LogP contribution in [-0.4, -0.2) is 47.5 Å². The monoisotopic (exact) mass is 369 g/mol. The molecule has 0 aliphatic carbocycles. The van der Waals surface area contributed by atoms with Crippen molar-refractivity contribution in [2.75, 3.05) is 26.7 Å². The van der Waals surface area contributed by atoms with Crippen molar-refractivity contribution in [1.82, 2.24) is 25.5 Å². The summed E-state index contributed by atoms with van der Waals surface area (Å²) in [6.07, 6.45) is 7.60. The summed E-state index contributed by atoms with van der Waals surface area (Å²) in [5, 5.41) is 4.42. The van der Waals surface area contributed by atoms with Crippen molar-refractivity contribution >= 4 is 0 Å². The predicted octanol–water partition coefficient (Wildman–Crippen LogP) is 2.60. The third-order valence-electron chi connectivity index (χ3n) is 6.24. The molecule has 0 saturated carbocycles. The van der Waals surface area contributed by atoms with Gasteiger partial charge in [-0.2, -0.15) is 5.10 Å². The number of ether oxygens (including phenoxy) is 1. The fraction of sp³-hybridized carbons (Fsp3) is 0.571. The molecule has 0 amide bonds. The second-order valence-corrected chi connectivity index (χ2v) is 7.78. The smallest absolute Gasteiger partial charge is 0.119 e. The number of methoxy groups -OCH3 is 1. The van der Waals surface area contributed by atoms with Gasteiger partial charge in [-0.05, 0) is 67.6 Å². The zero-order valence-corrected chi connectivity index (χ0v) is 16.4. The lowest BCUT2D eigenvalue weighted by Gasteiger charge is -2.36. The van der Waals surface area contributed by atoms with E-state index < -0.39 is 0 Å². The van der Waals surface area contributed by atoms with Gasteiger partial charge in [0.15, 0.2) is 0 Å². The van der Waals surface area contributed by atoms with Gasteiger partial charge in [-0.15, -0.1) is 0 Å². The number of aromatic nitrogens is 2. The van der Waals surface area contributed by atoms with E-state index in [1.54, 1.807) is 7.11 Å². The van der Waals surface area contributed by atoms with E-state index in [0.717, 1.165) is 49.5 Å². The van der Waals surface area contributed by atoms with Gasteiger partial charge in [0.2, 0.25) is 0 Å². The Labute approximate surface area is 161 Å². The molecule has 1 aromatic heterocycles. The Kier molecular flexibility index (Phi) is 5.76. The molecule has 0 bridgehead atoms. The first-order valence-electron chi connectivity index (χ1n) is 10.2. The lowest BCUT2D eigenvalue weighted by atomic mass is 9.82. The molecule has 6 heteroatoms. The van der Waals surface area contributed by atoms with Gasteiger partial charge in [0.05, 0.1) is 12.8 Å². The molecule has 3 heterocycles. The van der Waals surface area contributed by atoms with Crippen LogP contribution in [0.25, 0.3) is 5.69 Å². The van der Waals surface area contributed by atoms with E-state index in [4.69, 9.17) is 4.74 Å². The fourth-order valence-corrected chi connectivity index (χ4v) is 4.62. The van der Waals surface area contributed by atoms with Crippen molar-refractivity contribution in [3.05, 3.63) is 42.2 Å². The summed E-state index contributed by atoms with van der Waals surface area (Å²) >= 11 is 0. The highest BCUT2D eigenvalue weighted by Crippen LogP contribution is 2.30. The molecule has 0 spiro atoms. The van der Waals surface area contributed by atoms with Crippen LogP contribution in [0, 0.1) is 11.8 Å². The van der Waals surface area contributed by atoms with Crippen LogP contribution in [0.4, 0.5) is 0 Å². The van der Waals surface area contributed by atoms with Crippen LogP contribution >= 0.6 is 0 Å². The summed E-state index contributed by atoms with van der Waals surface area (Å²) in [6.45, 7) is 6.65. The van der Waals surface area contributed by atoms with Crippen molar-refractivity contribution in [3.63, 3.8) is 0 Å². The molecule has 0 radical (unpaired) electrons. The lowest BCUT2D eigenvalue weighted by Crippen LogP contribution is -2.44. The molecule has 6 nitrogen and oxygen atoms in total. The van der Waals surface area contributed by atoms with Gasteiger partial charge in [-0.25, -0.2) is 4.68 Å². The maximum Gasteiger partial charge on any atom is 0.119 e. The Hall–Kier alpha value is -1.89. The number of hydrogen-bond donors (Lipinski definition) is 2. The van der Waals surface area contributed by atoms with E-state index in [-0.39, 0.29) is 0 Å². The second-order valence-electron chi connectivity index (χ2n) is 7.78. The fourth-order valence-electron chi connectivity index (χ4n) is 4.62. The minimum absolute atomic E-state index is 0.633. The Morgan fingerprint density at radius 3 is 2.81 bits per heavy atom. The SMILES string of the molecule is CCC1CNNC1C1CCN(Cc2cc(OC)ccc2-n2cccn2)CC1. The number of rotatable bonds is 6. The molecule has 2 aliphatic heterocycles. The standard InChI is InChI=1S/C21H31N5O/c1-3-16-14-22-24-21(16)17-7-11-25(12-8-17)15-18-13-19(27-2)5-6-20(18)26-10-4-9-23-26/h4-6,9-10,13,16-17,21-22,24H,3,7-8,11-12,14-15H2,1-2H3. The largest absolute Gasteiger partial charge is 0.497 e. The van der Waals surface area contributed by atoms with Gasteiger partial charge in [0, 0.05) is 31.5 Å². The number of piperidine rings is 1.